The van der Waals surface area contributed by atoms with Gasteiger partial charge in [0.2, 0.25) is 11.8 Å². The molecule has 2 aliphatic rings. The minimum Gasteiger partial charge on any atom is -0.335 e. The summed E-state index contributed by atoms with van der Waals surface area (Å²) in [5, 5.41) is 3.29. The zero-order chi connectivity index (χ0) is 10.8. The molecule has 2 saturated heterocycles. The third-order valence-corrected chi connectivity index (χ3v) is 3.08. The fraction of sp³-hybridized carbons (Fsp3) is 0.800. The van der Waals surface area contributed by atoms with Crippen LogP contribution in [0.25, 0.3) is 0 Å². The Labute approximate surface area is 89.4 Å². The molecule has 0 aromatic heterocycles. The maximum absolute atomic E-state index is 11.7. The molecule has 1 N–H and O–H groups in total. The molecular weight excluding hydrogens is 194 g/mol. The van der Waals surface area contributed by atoms with Crippen molar-refractivity contribution in [1.82, 2.24) is 15.1 Å². The smallest absolute Gasteiger partial charge is 0.243 e. The largest absolute Gasteiger partial charge is 0.335 e. The maximum atomic E-state index is 11.7. The van der Waals surface area contributed by atoms with Crippen LogP contribution in [-0.4, -0.2) is 54.5 Å². The van der Waals surface area contributed by atoms with Gasteiger partial charge in [0, 0.05) is 7.05 Å². The first-order valence-electron chi connectivity index (χ1n) is 5.45. The van der Waals surface area contributed by atoms with E-state index in [4.69, 9.17) is 0 Å². The lowest BCUT2D eigenvalue weighted by Crippen LogP contribution is -2.60. The average Bonchev–Trinajstić information content (AvgIpc) is 2.25. The van der Waals surface area contributed by atoms with Crippen molar-refractivity contribution < 1.29 is 9.59 Å². The van der Waals surface area contributed by atoms with E-state index >= 15 is 0 Å². The number of hydrogen-bond acceptors (Lipinski definition) is 3. The Morgan fingerprint density at radius 1 is 1.20 bits per heavy atom. The van der Waals surface area contributed by atoms with E-state index in [2.05, 4.69) is 5.32 Å². The third kappa shape index (κ3) is 2.12. The van der Waals surface area contributed by atoms with Gasteiger partial charge >= 0.3 is 0 Å². The number of hydrogen-bond donors (Lipinski definition) is 1. The van der Waals surface area contributed by atoms with Gasteiger partial charge in [0.15, 0.2) is 0 Å². The number of piperidine rings is 1. The molecule has 0 aromatic carbocycles. The van der Waals surface area contributed by atoms with Gasteiger partial charge in [-0.3, -0.25) is 14.9 Å². The highest BCUT2D eigenvalue weighted by Gasteiger charge is 2.32. The second-order valence-corrected chi connectivity index (χ2v) is 4.24. The molecule has 2 amide bonds. The second kappa shape index (κ2) is 4.18. The minimum atomic E-state index is 0.0296. The number of likely N-dealkylation sites (N-methyl/N-ethyl adjacent to an activating group) is 1. The van der Waals surface area contributed by atoms with Crippen molar-refractivity contribution in [3.05, 3.63) is 0 Å². The molecule has 5 heteroatoms. The summed E-state index contributed by atoms with van der Waals surface area (Å²) in [6.45, 7) is 1.39. The standard InChI is InChI=1S/C10H17N3O2/c1-12-6-10(15)13(7-9(12)14)8-4-2-3-5-11-8/h8,11H,2-7H2,1H3. The summed E-state index contributed by atoms with van der Waals surface area (Å²) in [7, 11) is 1.67. The van der Waals surface area contributed by atoms with Crippen molar-refractivity contribution >= 4 is 11.8 Å². The zero-order valence-corrected chi connectivity index (χ0v) is 9.03. The molecule has 0 spiro atoms. The Hall–Kier alpha value is -1.10. The number of piperazine rings is 1. The fourth-order valence-corrected chi connectivity index (χ4v) is 2.12. The SMILES string of the molecule is CN1CC(=O)N(C2CCCCN2)CC1=O. The quantitative estimate of drug-likeness (QED) is 0.629. The van der Waals surface area contributed by atoms with E-state index < -0.39 is 0 Å². The number of rotatable bonds is 1. The number of nitrogens with zero attached hydrogens (tertiary/aromatic N) is 2. The Morgan fingerprint density at radius 3 is 2.67 bits per heavy atom. The van der Waals surface area contributed by atoms with Crippen molar-refractivity contribution in [2.45, 2.75) is 25.4 Å². The number of carbonyl (C=O) groups excluding carboxylic acids is 2. The van der Waals surface area contributed by atoms with Gasteiger partial charge < -0.3 is 9.80 Å². The van der Waals surface area contributed by atoms with E-state index in [1.54, 1.807) is 11.9 Å². The van der Waals surface area contributed by atoms with Crippen molar-refractivity contribution in [2.24, 2.45) is 0 Å². The summed E-state index contributed by atoms with van der Waals surface area (Å²) in [6, 6.07) is 0. The monoisotopic (exact) mass is 211 g/mol. The highest BCUT2D eigenvalue weighted by molar-refractivity contribution is 5.92. The molecule has 0 saturated carbocycles. The van der Waals surface area contributed by atoms with Gasteiger partial charge in [-0.1, -0.05) is 0 Å². The summed E-state index contributed by atoms with van der Waals surface area (Å²) in [5.74, 6) is 0.0819. The van der Waals surface area contributed by atoms with Crippen LogP contribution in [0.3, 0.4) is 0 Å². The summed E-state index contributed by atoms with van der Waals surface area (Å²) in [5.41, 5.74) is 0. The molecule has 84 valence electrons. The van der Waals surface area contributed by atoms with Crippen LogP contribution in [-0.2, 0) is 9.59 Å². The molecular formula is C10H17N3O2. The van der Waals surface area contributed by atoms with Crippen LogP contribution in [0, 0.1) is 0 Å². The lowest BCUT2D eigenvalue weighted by Gasteiger charge is -2.39. The van der Waals surface area contributed by atoms with Gasteiger partial charge in [0.1, 0.15) is 6.54 Å². The van der Waals surface area contributed by atoms with E-state index in [9.17, 15) is 9.59 Å². The Bertz CT molecular complexity index is 274. The molecule has 15 heavy (non-hydrogen) atoms. The normalized spacial score (nSPS) is 28.5. The van der Waals surface area contributed by atoms with Gasteiger partial charge in [-0.15, -0.1) is 0 Å². The van der Waals surface area contributed by atoms with Crippen LogP contribution in [0.4, 0.5) is 0 Å². The number of nitrogens with one attached hydrogen (secondary N) is 1. The topological polar surface area (TPSA) is 52.7 Å². The average molecular weight is 211 g/mol. The van der Waals surface area contributed by atoms with Crippen LogP contribution in [0.2, 0.25) is 0 Å². The van der Waals surface area contributed by atoms with Gasteiger partial charge in [-0.2, -0.15) is 0 Å². The maximum Gasteiger partial charge on any atom is 0.243 e. The fourth-order valence-electron chi connectivity index (χ4n) is 2.12. The molecule has 2 fully saturated rings. The molecule has 2 rings (SSSR count). The Kier molecular flexibility index (Phi) is 2.90. The molecule has 2 aliphatic heterocycles. The van der Waals surface area contributed by atoms with Gasteiger partial charge in [-0.05, 0) is 25.8 Å². The lowest BCUT2D eigenvalue weighted by atomic mass is 10.1. The van der Waals surface area contributed by atoms with Crippen LogP contribution >= 0.6 is 0 Å². The highest BCUT2D eigenvalue weighted by Crippen LogP contribution is 2.14. The summed E-state index contributed by atoms with van der Waals surface area (Å²) < 4.78 is 0. The van der Waals surface area contributed by atoms with Crippen LogP contribution in [0.5, 0.6) is 0 Å². The van der Waals surface area contributed by atoms with E-state index in [0.29, 0.717) is 0 Å². The van der Waals surface area contributed by atoms with Crippen LogP contribution in [0.1, 0.15) is 19.3 Å². The van der Waals surface area contributed by atoms with Crippen molar-refractivity contribution in [3.8, 4) is 0 Å². The molecule has 0 aliphatic carbocycles. The van der Waals surface area contributed by atoms with Crippen LogP contribution < -0.4 is 5.32 Å². The van der Waals surface area contributed by atoms with Crippen molar-refractivity contribution in [2.75, 3.05) is 26.7 Å². The molecule has 5 nitrogen and oxygen atoms in total. The lowest BCUT2D eigenvalue weighted by molar-refractivity contribution is -0.152. The van der Waals surface area contributed by atoms with Gasteiger partial charge in [-0.25, -0.2) is 0 Å². The Morgan fingerprint density at radius 2 is 2.00 bits per heavy atom. The summed E-state index contributed by atoms with van der Waals surface area (Å²) in [6.07, 6.45) is 3.32. The Balaban J connectivity index is 2.01. The summed E-state index contributed by atoms with van der Waals surface area (Å²) >= 11 is 0. The molecule has 0 radical (unpaired) electrons. The van der Waals surface area contributed by atoms with Gasteiger partial charge in [0.25, 0.3) is 0 Å². The van der Waals surface area contributed by atoms with E-state index in [-0.39, 0.29) is 31.1 Å². The van der Waals surface area contributed by atoms with Crippen LogP contribution in [0.15, 0.2) is 0 Å². The van der Waals surface area contributed by atoms with E-state index in [0.717, 1.165) is 25.8 Å². The second-order valence-electron chi connectivity index (χ2n) is 4.24. The molecule has 1 atom stereocenters. The predicted molar refractivity (Wildman–Crippen MR) is 55.0 cm³/mol. The first-order chi connectivity index (χ1) is 7.18. The first-order valence-corrected chi connectivity index (χ1v) is 5.45. The third-order valence-electron chi connectivity index (χ3n) is 3.08. The molecule has 0 aromatic rings. The van der Waals surface area contributed by atoms with E-state index in [1.807, 2.05) is 0 Å². The number of carbonyl (C=O) groups is 2. The number of amides is 2. The van der Waals surface area contributed by atoms with Crippen molar-refractivity contribution in [3.63, 3.8) is 0 Å². The van der Waals surface area contributed by atoms with Crippen molar-refractivity contribution in [1.29, 1.82) is 0 Å². The first kappa shape index (κ1) is 10.4. The molecule has 2 heterocycles. The predicted octanol–water partition coefficient (Wildman–Crippen LogP) is -0.613. The highest BCUT2D eigenvalue weighted by atomic mass is 16.2. The molecule has 1 unspecified atom stereocenters. The van der Waals surface area contributed by atoms with E-state index in [1.165, 1.54) is 4.90 Å². The summed E-state index contributed by atoms with van der Waals surface area (Å²) in [4.78, 5) is 26.4. The van der Waals surface area contributed by atoms with Gasteiger partial charge in [0.05, 0.1) is 12.7 Å². The molecule has 0 bridgehead atoms. The minimum absolute atomic E-state index is 0.0296. The zero-order valence-electron chi connectivity index (χ0n) is 9.03.